The number of carbonyl (C=O) groups is 1. The van der Waals surface area contributed by atoms with Crippen LogP contribution in [0.15, 0.2) is 24.5 Å². The standard InChI is InChI=1S/C13H16N2O3/c1-3-18-7-9(2)15-8-14-11-6-10(13(16)17)4-5-12(11)15/h4-6,8-9H,3,7H2,1-2H3,(H,16,17). The highest BCUT2D eigenvalue weighted by atomic mass is 16.5. The Hall–Kier alpha value is -1.88. The molecule has 0 saturated heterocycles. The van der Waals surface area contributed by atoms with Gasteiger partial charge >= 0.3 is 5.97 Å². The fourth-order valence-electron chi connectivity index (χ4n) is 1.88. The quantitative estimate of drug-likeness (QED) is 0.882. The van der Waals surface area contributed by atoms with Gasteiger partial charge in [0.05, 0.1) is 35.6 Å². The van der Waals surface area contributed by atoms with E-state index in [1.54, 1.807) is 24.5 Å². The Labute approximate surface area is 105 Å². The fourth-order valence-corrected chi connectivity index (χ4v) is 1.88. The molecule has 1 atom stereocenters. The first-order valence-corrected chi connectivity index (χ1v) is 5.91. The highest BCUT2D eigenvalue weighted by Gasteiger charge is 2.11. The molecule has 1 aromatic carbocycles. The number of hydrogen-bond acceptors (Lipinski definition) is 3. The molecule has 2 rings (SSSR count). The average molecular weight is 248 g/mol. The van der Waals surface area contributed by atoms with Crippen LogP contribution in [0.2, 0.25) is 0 Å². The highest BCUT2D eigenvalue weighted by molar-refractivity contribution is 5.92. The van der Waals surface area contributed by atoms with Crippen LogP contribution in [-0.4, -0.2) is 33.8 Å². The summed E-state index contributed by atoms with van der Waals surface area (Å²) >= 11 is 0. The van der Waals surface area contributed by atoms with Crippen LogP contribution in [0.1, 0.15) is 30.2 Å². The summed E-state index contributed by atoms with van der Waals surface area (Å²) in [5.41, 5.74) is 1.87. The molecule has 1 heterocycles. The van der Waals surface area contributed by atoms with Crippen LogP contribution < -0.4 is 0 Å². The van der Waals surface area contributed by atoms with Crippen molar-refractivity contribution in [1.29, 1.82) is 0 Å². The number of aromatic carboxylic acids is 1. The van der Waals surface area contributed by atoms with Gasteiger partial charge in [0.25, 0.3) is 0 Å². The molecule has 0 aliphatic rings. The van der Waals surface area contributed by atoms with Crippen molar-refractivity contribution < 1.29 is 14.6 Å². The number of carboxylic acid groups (broad SMARTS) is 1. The second-order valence-corrected chi connectivity index (χ2v) is 4.17. The van der Waals surface area contributed by atoms with Crippen molar-refractivity contribution >= 4 is 17.0 Å². The maximum absolute atomic E-state index is 10.9. The van der Waals surface area contributed by atoms with Crippen LogP contribution in [0.3, 0.4) is 0 Å². The number of nitrogens with zero attached hydrogens (tertiary/aromatic N) is 2. The van der Waals surface area contributed by atoms with E-state index in [9.17, 15) is 4.79 Å². The summed E-state index contributed by atoms with van der Waals surface area (Å²) in [5, 5.41) is 8.92. The van der Waals surface area contributed by atoms with Gasteiger partial charge in [-0.15, -0.1) is 0 Å². The molecule has 0 saturated carbocycles. The average Bonchev–Trinajstić information content (AvgIpc) is 2.78. The summed E-state index contributed by atoms with van der Waals surface area (Å²) in [6, 6.07) is 5.14. The molecule has 2 aromatic rings. The van der Waals surface area contributed by atoms with Crippen LogP contribution in [-0.2, 0) is 4.74 Å². The summed E-state index contributed by atoms with van der Waals surface area (Å²) in [4.78, 5) is 15.1. The molecule has 0 amide bonds. The van der Waals surface area contributed by atoms with Gasteiger partial charge in [0, 0.05) is 6.61 Å². The van der Waals surface area contributed by atoms with Crippen molar-refractivity contribution in [3.8, 4) is 0 Å². The summed E-state index contributed by atoms with van der Waals surface area (Å²) in [7, 11) is 0. The number of benzene rings is 1. The second-order valence-electron chi connectivity index (χ2n) is 4.17. The van der Waals surface area contributed by atoms with E-state index in [1.807, 2.05) is 18.4 Å². The van der Waals surface area contributed by atoms with Crippen molar-refractivity contribution in [2.75, 3.05) is 13.2 Å². The minimum Gasteiger partial charge on any atom is -0.478 e. The number of imidazole rings is 1. The van der Waals surface area contributed by atoms with Crippen LogP contribution in [0.5, 0.6) is 0 Å². The van der Waals surface area contributed by atoms with Crippen molar-refractivity contribution in [3.63, 3.8) is 0 Å². The number of fused-ring (bicyclic) bond motifs is 1. The van der Waals surface area contributed by atoms with Gasteiger partial charge in [-0.1, -0.05) is 0 Å². The third-order valence-corrected chi connectivity index (χ3v) is 2.86. The third kappa shape index (κ3) is 2.36. The van der Waals surface area contributed by atoms with Crippen LogP contribution in [0, 0.1) is 0 Å². The first-order chi connectivity index (χ1) is 8.63. The fraction of sp³-hybridized carbons (Fsp3) is 0.385. The number of rotatable bonds is 5. The minimum atomic E-state index is -0.936. The lowest BCUT2D eigenvalue weighted by Crippen LogP contribution is -2.11. The van der Waals surface area contributed by atoms with Gasteiger partial charge in [0.2, 0.25) is 0 Å². The molecule has 18 heavy (non-hydrogen) atoms. The van der Waals surface area contributed by atoms with Gasteiger partial charge in [-0.3, -0.25) is 0 Å². The predicted molar refractivity (Wildman–Crippen MR) is 67.9 cm³/mol. The molecule has 5 nitrogen and oxygen atoms in total. The van der Waals surface area contributed by atoms with E-state index in [4.69, 9.17) is 9.84 Å². The van der Waals surface area contributed by atoms with Gasteiger partial charge in [-0.2, -0.15) is 0 Å². The normalized spacial score (nSPS) is 12.8. The zero-order valence-electron chi connectivity index (χ0n) is 10.5. The zero-order valence-corrected chi connectivity index (χ0v) is 10.5. The molecule has 1 aromatic heterocycles. The predicted octanol–water partition coefficient (Wildman–Crippen LogP) is 2.33. The molecule has 0 radical (unpaired) electrons. The van der Waals surface area contributed by atoms with Gasteiger partial charge in [0.1, 0.15) is 0 Å². The monoisotopic (exact) mass is 248 g/mol. The van der Waals surface area contributed by atoms with E-state index >= 15 is 0 Å². The van der Waals surface area contributed by atoms with Crippen molar-refractivity contribution in [2.45, 2.75) is 19.9 Å². The maximum atomic E-state index is 10.9. The summed E-state index contributed by atoms with van der Waals surface area (Å²) in [6.07, 6.45) is 1.72. The van der Waals surface area contributed by atoms with Crippen molar-refractivity contribution in [3.05, 3.63) is 30.1 Å². The molecular weight excluding hydrogens is 232 g/mol. The second kappa shape index (κ2) is 5.18. The van der Waals surface area contributed by atoms with E-state index in [-0.39, 0.29) is 11.6 Å². The lowest BCUT2D eigenvalue weighted by atomic mass is 10.2. The third-order valence-electron chi connectivity index (χ3n) is 2.86. The van der Waals surface area contributed by atoms with Crippen LogP contribution in [0.4, 0.5) is 0 Å². The Morgan fingerprint density at radius 3 is 3.00 bits per heavy atom. The van der Waals surface area contributed by atoms with Gasteiger partial charge < -0.3 is 14.4 Å². The van der Waals surface area contributed by atoms with Gasteiger partial charge in [0.15, 0.2) is 0 Å². The minimum absolute atomic E-state index is 0.172. The molecule has 0 aliphatic heterocycles. The first-order valence-electron chi connectivity index (χ1n) is 5.91. The number of aromatic nitrogens is 2. The SMILES string of the molecule is CCOCC(C)n1cnc2cc(C(=O)O)ccc21. The van der Waals surface area contributed by atoms with Crippen LogP contribution >= 0.6 is 0 Å². The summed E-state index contributed by atoms with van der Waals surface area (Å²) in [5.74, 6) is -0.936. The molecule has 1 N–H and O–H groups in total. The smallest absolute Gasteiger partial charge is 0.335 e. The van der Waals surface area contributed by atoms with Crippen molar-refractivity contribution in [2.24, 2.45) is 0 Å². The Bertz CT molecular complexity index is 562. The molecular formula is C13H16N2O3. The molecule has 5 heteroatoms. The van der Waals surface area contributed by atoms with E-state index in [0.29, 0.717) is 18.7 Å². The number of carboxylic acids is 1. The lowest BCUT2D eigenvalue weighted by Gasteiger charge is -2.14. The Kier molecular flexibility index (Phi) is 3.62. The van der Waals surface area contributed by atoms with E-state index in [2.05, 4.69) is 4.98 Å². The highest BCUT2D eigenvalue weighted by Crippen LogP contribution is 2.19. The molecule has 1 unspecified atom stereocenters. The number of hydrogen-bond donors (Lipinski definition) is 1. The van der Waals surface area contributed by atoms with Gasteiger partial charge in [-0.25, -0.2) is 9.78 Å². The summed E-state index contributed by atoms with van der Waals surface area (Å²) in [6.45, 7) is 5.29. The zero-order chi connectivity index (χ0) is 13.1. The van der Waals surface area contributed by atoms with E-state index < -0.39 is 5.97 Å². The van der Waals surface area contributed by atoms with E-state index in [1.165, 1.54) is 0 Å². The Balaban J connectivity index is 2.33. The lowest BCUT2D eigenvalue weighted by molar-refractivity contribution is 0.0697. The van der Waals surface area contributed by atoms with Crippen LogP contribution in [0.25, 0.3) is 11.0 Å². The molecule has 0 spiro atoms. The van der Waals surface area contributed by atoms with Crippen molar-refractivity contribution in [1.82, 2.24) is 9.55 Å². The Morgan fingerprint density at radius 1 is 1.56 bits per heavy atom. The number of ether oxygens (including phenoxy) is 1. The maximum Gasteiger partial charge on any atom is 0.335 e. The topological polar surface area (TPSA) is 64.4 Å². The molecule has 96 valence electrons. The first kappa shape index (κ1) is 12.6. The summed E-state index contributed by atoms with van der Waals surface area (Å²) < 4.78 is 7.38. The van der Waals surface area contributed by atoms with Gasteiger partial charge in [-0.05, 0) is 32.0 Å². The Morgan fingerprint density at radius 2 is 2.33 bits per heavy atom. The van der Waals surface area contributed by atoms with E-state index in [0.717, 1.165) is 5.52 Å². The largest absolute Gasteiger partial charge is 0.478 e. The molecule has 0 fully saturated rings. The molecule has 0 aliphatic carbocycles. The molecule has 0 bridgehead atoms.